The third-order valence-electron chi connectivity index (χ3n) is 3.28. The Balaban J connectivity index is 2.55. The van der Waals surface area contributed by atoms with Gasteiger partial charge in [-0.2, -0.15) is 0 Å². The first kappa shape index (κ1) is 15.1. The average molecular weight is 340 g/mol. The lowest BCUT2D eigenvalue weighted by molar-refractivity contribution is 0.547. The maximum Gasteiger partial charge on any atom is 0.131 e. The highest BCUT2D eigenvalue weighted by Gasteiger charge is 2.18. The molecular formula is C16H16BrF2N. The lowest BCUT2D eigenvalue weighted by Crippen LogP contribution is -2.19. The molecule has 2 aromatic carbocycles. The zero-order valence-corrected chi connectivity index (χ0v) is 13.2. The number of benzene rings is 2. The molecule has 0 amide bonds. The summed E-state index contributed by atoms with van der Waals surface area (Å²) in [5.74, 6) is -1.06. The summed E-state index contributed by atoms with van der Waals surface area (Å²) >= 11 is 3.45. The number of hydrogen-bond donors (Lipinski definition) is 1. The molecule has 2 rings (SSSR count). The van der Waals surface area contributed by atoms with Crippen LogP contribution in [0.15, 0.2) is 34.8 Å². The maximum absolute atomic E-state index is 14.1. The van der Waals surface area contributed by atoms with Crippen LogP contribution in [0.2, 0.25) is 0 Å². The van der Waals surface area contributed by atoms with E-state index in [2.05, 4.69) is 21.2 Å². The van der Waals surface area contributed by atoms with Crippen molar-refractivity contribution >= 4 is 15.9 Å². The molecule has 0 aliphatic rings. The van der Waals surface area contributed by atoms with E-state index in [1.807, 2.05) is 25.1 Å². The third kappa shape index (κ3) is 3.07. The van der Waals surface area contributed by atoms with Gasteiger partial charge >= 0.3 is 0 Å². The van der Waals surface area contributed by atoms with Gasteiger partial charge in [-0.15, -0.1) is 0 Å². The van der Waals surface area contributed by atoms with Crippen LogP contribution >= 0.6 is 15.9 Å². The summed E-state index contributed by atoms with van der Waals surface area (Å²) in [4.78, 5) is 0. The second kappa shape index (κ2) is 6.02. The highest BCUT2D eigenvalue weighted by molar-refractivity contribution is 9.10. The summed E-state index contributed by atoms with van der Waals surface area (Å²) in [6.07, 6.45) is 0. The molecule has 0 aliphatic carbocycles. The maximum atomic E-state index is 14.1. The summed E-state index contributed by atoms with van der Waals surface area (Å²) in [7, 11) is 1.76. The predicted octanol–water partition coefficient (Wildman–Crippen LogP) is 4.65. The zero-order chi connectivity index (χ0) is 14.9. The van der Waals surface area contributed by atoms with Crippen LogP contribution in [0.4, 0.5) is 8.78 Å². The Labute approximate surface area is 126 Å². The summed E-state index contributed by atoms with van der Waals surface area (Å²) < 4.78 is 28.4. The number of rotatable bonds is 3. The smallest absolute Gasteiger partial charge is 0.131 e. The van der Waals surface area contributed by atoms with Gasteiger partial charge in [-0.3, -0.25) is 0 Å². The molecule has 1 N–H and O–H groups in total. The number of halogens is 3. The van der Waals surface area contributed by atoms with Crippen LogP contribution in [-0.2, 0) is 0 Å². The van der Waals surface area contributed by atoms with Crippen LogP contribution in [0.5, 0.6) is 0 Å². The lowest BCUT2D eigenvalue weighted by atomic mass is 9.95. The normalized spacial score (nSPS) is 12.5. The van der Waals surface area contributed by atoms with Gasteiger partial charge in [-0.05, 0) is 55.8 Å². The molecule has 0 spiro atoms. The molecule has 0 saturated heterocycles. The molecule has 20 heavy (non-hydrogen) atoms. The fourth-order valence-electron chi connectivity index (χ4n) is 2.33. The molecule has 4 heteroatoms. The van der Waals surface area contributed by atoms with E-state index in [1.165, 1.54) is 0 Å². The minimum absolute atomic E-state index is 0.314. The van der Waals surface area contributed by atoms with Crippen molar-refractivity contribution in [1.82, 2.24) is 5.32 Å². The Kier molecular flexibility index (Phi) is 4.55. The Morgan fingerprint density at radius 3 is 2.30 bits per heavy atom. The van der Waals surface area contributed by atoms with Crippen molar-refractivity contribution in [1.29, 1.82) is 0 Å². The van der Waals surface area contributed by atoms with Gasteiger partial charge in [0.1, 0.15) is 11.6 Å². The molecule has 0 heterocycles. The SMILES string of the molecule is CNC(c1cc(C)cc(Br)c1)c1cc(C)c(F)cc1F. The van der Waals surface area contributed by atoms with Gasteiger partial charge in [0.25, 0.3) is 0 Å². The zero-order valence-electron chi connectivity index (χ0n) is 11.6. The van der Waals surface area contributed by atoms with Crippen LogP contribution in [-0.4, -0.2) is 7.05 Å². The van der Waals surface area contributed by atoms with Crippen molar-refractivity contribution in [2.45, 2.75) is 19.9 Å². The third-order valence-corrected chi connectivity index (χ3v) is 3.73. The molecule has 1 atom stereocenters. The van der Waals surface area contributed by atoms with Crippen LogP contribution < -0.4 is 5.32 Å². The van der Waals surface area contributed by atoms with E-state index in [-0.39, 0.29) is 6.04 Å². The van der Waals surface area contributed by atoms with Gasteiger partial charge < -0.3 is 5.32 Å². The number of nitrogens with one attached hydrogen (secondary N) is 1. The molecular weight excluding hydrogens is 324 g/mol. The van der Waals surface area contributed by atoms with Crippen LogP contribution in [0.3, 0.4) is 0 Å². The van der Waals surface area contributed by atoms with Gasteiger partial charge in [0.05, 0.1) is 6.04 Å². The van der Waals surface area contributed by atoms with E-state index < -0.39 is 11.6 Å². The first-order valence-electron chi connectivity index (χ1n) is 6.32. The van der Waals surface area contributed by atoms with E-state index in [0.717, 1.165) is 21.7 Å². The molecule has 0 aromatic heterocycles. The minimum atomic E-state index is -0.537. The molecule has 2 aromatic rings. The minimum Gasteiger partial charge on any atom is -0.309 e. The van der Waals surface area contributed by atoms with E-state index in [9.17, 15) is 8.78 Å². The summed E-state index contributed by atoms with van der Waals surface area (Å²) in [5, 5.41) is 3.09. The van der Waals surface area contributed by atoms with Gasteiger partial charge in [0.15, 0.2) is 0 Å². The number of hydrogen-bond acceptors (Lipinski definition) is 1. The Morgan fingerprint density at radius 2 is 1.70 bits per heavy atom. The Morgan fingerprint density at radius 1 is 1.00 bits per heavy atom. The molecule has 1 unspecified atom stereocenters. The first-order chi connectivity index (χ1) is 9.42. The van der Waals surface area contributed by atoms with Gasteiger partial charge in [0, 0.05) is 16.1 Å². The predicted molar refractivity (Wildman–Crippen MR) is 80.9 cm³/mol. The summed E-state index contributed by atoms with van der Waals surface area (Å²) in [6, 6.07) is 8.10. The monoisotopic (exact) mass is 339 g/mol. The van der Waals surface area contributed by atoms with Crippen LogP contribution in [0.1, 0.15) is 28.3 Å². The Bertz CT molecular complexity index is 620. The standard InChI is InChI=1S/C16H16BrF2N/c1-9-4-11(7-12(17)5-9)16(20-3)13-6-10(2)14(18)8-15(13)19/h4-8,16,20H,1-3H3. The second-order valence-electron chi connectivity index (χ2n) is 4.91. The molecule has 106 valence electrons. The fraction of sp³-hybridized carbons (Fsp3) is 0.250. The largest absolute Gasteiger partial charge is 0.309 e. The summed E-state index contributed by atoms with van der Waals surface area (Å²) in [5.41, 5.74) is 2.90. The van der Waals surface area contributed by atoms with Crippen molar-refractivity contribution in [3.63, 3.8) is 0 Å². The summed E-state index contributed by atoms with van der Waals surface area (Å²) in [6.45, 7) is 3.62. The van der Waals surface area contributed by atoms with E-state index in [1.54, 1.807) is 20.0 Å². The molecule has 0 saturated carbocycles. The van der Waals surface area contributed by atoms with Crippen molar-refractivity contribution in [2.24, 2.45) is 0 Å². The topological polar surface area (TPSA) is 12.0 Å². The number of aryl methyl sites for hydroxylation is 2. The molecule has 0 fully saturated rings. The average Bonchev–Trinajstić information content (AvgIpc) is 2.35. The van der Waals surface area contributed by atoms with Gasteiger partial charge in [0.2, 0.25) is 0 Å². The fourth-order valence-corrected chi connectivity index (χ4v) is 2.96. The van der Waals surface area contributed by atoms with Gasteiger partial charge in [-0.1, -0.05) is 22.0 Å². The van der Waals surface area contributed by atoms with Crippen molar-refractivity contribution < 1.29 is 8.78 Å². The highest BCUT2D eigenvalue weighted by atomic mass is 79.9. The van der Waals surface area contributed by atoms with Crippen molar-refractivity contribution in [2.75, 3.05) is 7.05 Å². The quantitative estimate of drug-likeness (QED) is 0.857. The molecule has 1 nitrogen and oxygen atoms in total. The van der Waals surface area contributed by atoms with Crippen molar-refractivity contribution in [3.05, 3.63) is 68.7 Å². The van der Waals surface area contributed by atoms with Crippen molar-refractivity contribution in [3.8, 4) is 0 Å². The Hall–Kier alpha value is -1.26. The molecule has 0 aliphatic heterocycles. The second-order valence-corrected chi connectivity index (χ2v) is 5.82. The van der Waals surface area contributed by atoms with E-state index >= 15 is 0 Å². The van der Waals surface area contributed by atoms with E-state index in [4.69, 9.17) is 0 Å². The lowest BCUT2D eigenvalue weighted by Gasteiger charge is -2.19. The van der Waals surface area contributed by atoms with E-state index in [0.29, 0.717) is 11.1 Å². The molecule has 0 radical (unpaired) electrons. The van der Waals surface area contributed by atoms with Crippen LogP contribution in [0.25, 0.3) is 0 Å². The van der Waals surface area contributed by atoms with Gasteiger partial charge in [-0.25, -0.2) is 8.78 Å². The molecule has 0 bridgehead atoms. The van der Waals surface area contributed by atoms with Crippen LogP contribution in [0, 0.1) is 25.5 Å². The first-order valence-corrected chi connectivity index (χ1v) is 7.11. The highest BCUT2D eigenvalue weighted by Crippen LogP contribution is 2.28.